The molecule has 0 fully saturated rings. The first-order valence-electron chi connectivity index (χ1n) is 21.8. The smallest absolute Gasteiger partial charge is 0.306 e. The van der Waals surface area contributed by atoms with E-state index in [1.54, 1.807) is 0 Å². The Morgan fingerprint density at radius 2 is 0.772 bits per heavy atom. The average Bonchev–Trinajstić information content (AvgIpc) is 3.21. The molecule has 0 aliphatic heterocycles. The zero-order valence-corrected chi connectivity index (χ0v) is 35.8. The van der Waals surface area contributed by atoms with Crippen LogP contribution in [0.1, 0.15) is 149 Å². The lowest BCUT2D eigenvalue weighted by Crippen LogP contribution is -2.30. The van der Waals surface area contributed by atoms with E-state index in [0.717, 1.165) is 77.0 Å². The summed E-state index contributed by atoms with van der Waals surface area (Å²) in [6.07, 6.45) is 61.6. The van der Waals surface area contributed by atoms with Gasteiger partial charge in [-0.2, -0.15) is 0 Å². The Bertz CT molecular complexity index is 1320. The van der Waals surface area contributed by atoms with Crippen molar-refractivity contribution < 1.29 is 28.6 Å². The molecule has 1 atom stereocenters. The number of esters is 3. The van der Waals surface area contributed by atoms with Crippen LogP contribution in [0.2, 0.25) is 0 Å². The quantitative estimate of drug-likeness (QED) is 0.0207. The van der Waals surface area contributed by atoms with E-state index in [4.69, 9.17) is 14.2 Å². The van der Waals surface area contributed by atoms with Crippen molar-refractivity contribution in [1.82, 2.24) is 0 Å². The number of ether oxygens (including phenoxy) is 3. The summed E-state index contributed by atoms with van der Waals surface area (Å²) in [7, 11) is 0. The van der Waals surface area contributed by atoms with E-state index in [-0.39, 0.29) is 44.0 Å². The highest BCUT2D eigenvalue weighted by Crippen LogP contribution is 2.10. The molecule has 0 bridgehead atoms. The third-order valence-corrected chi connectivity index (χ3v) is 8.34. The van der Waals surface area contributed by atoms with E-state index >= 15 is 0 Å². The molecule has 0 rings (SSSR count). The number of carbonyl (C=O) groups excluding carboxylic acids is 3. The fourth-order valence-corrected chi connectivity index (χ4v) is 5.08. The maximum absolute atomic E-state index is 12.7. The van der Waals surface area contributed by atoms with Gasteiger partial charge in [0.2, 0.25) is 0 Å². The Morgan fingerprint density at radius 1 is 0.386 bits per heavy atom. The summed E-state index contributed by atoms with van der Waals surface area (Å²) in [5, 5.41) is 0. The lowest BCUT2D eigenvalue weighted by Gasteiger charge is -2.18. The monoisotopic (exact) mass is 785 g/mol. The highest BCUT2D eigenvalue weighted by atomic mass is 16.6. The Balaban J connectivity index is 4.55. The molecule has 57 heavy (non-hydrogen) atoms. The largest absolute Gasteiger partial charge is 0.462 e. The molecule has 0 saturated carbocycles. The van der Waals surface area contributed by atoms with Crippen LogP contribution in [0, 0.1) is 0 Å². The van der Waals surface area contributed by atoms with Gasteiger partial charge < -0.3 is 14.2 Å². The summed E-state index contributed by atoms with van der Waals surface area (Å²) >= 11 is 0. The normalized spacial score (nSPS) is 13.4. The van der Waals surface area contributed by atoms with Crippen molar-refractivity contribution in [1.29, 1.82) is 0 Å². The molecule has 6 heteroatoms. The summed E-state index contributed by atoms with van der Waals surface area (Å²) in [6.45, 7) is 6.17. The minimum atomic E-state index is -0.826. The van der Waals surface area contributed by atoms with Gasteiger partial charge in [-0.15, -0.1) is 0 Å². The van der Waals surface area contributed by atoms with Crippen molar-refractivity contribution in [3.63, 3.8) is 0 Å². The first-order valence-corrected chi connectivity index (χ1v) is 21.8. The molecule has 0 radical (unpaired) electrons. The molecular weight excluding hydrogens is 709 g/mol. The van der Waals surface area contributed by atoms with Crippen molar-refractivity contribution in [3.8, 4) is 0 Å². The standard InChI is InChI=1S/C51H76O6/c1-4-7-10-13-16-19-21-22-23-24-25-26-27-28-30-32-35-38-41-44-50(53)56-47-48(46-55-49(52)43-40-37-34-31-18-15-12-9-6-3)57-51(54)45-42-39-36-33-29-20-17-14-11-8-5-2/h7,9-10,12-14,16-31,48H,4-6,8,11,15,32-47H2,1-3H3/b10-7-,12-9-,16-13-,17-14-,21-19-,23-22-,25-24+,27-26-,29-20-,30-28-,31-18-. The molecule has 0 heterocycles. The molecule has 6 nitrogen and oxygen atoms in total. The van der Waals surface area contributed by atoms with Gasteiger partial charge in [0.1, 0.15) is 13.2 Å². The zero-order chi connectivity index (χ0) is 41.5. The van der Waals surface area contributed by atoms with Crippen LogP contribution in [-0.2, 0) is 28.6 Å². The lowest BCUT2D eigenvalue weighted by atomic mass is 10.1. The van der Waals surface area contributed by atoms with Gasteiger partial charge in [0.25, 0.3) is 0 Å². The number of hydrogen-bond acceptors (Lipinski definition) is 6. The second-order valence-corrected chi connectivity index (χ2v) is 13.7. The number of unbranched alkanes of at least 4 members (excludes halogenated alkanes) is 10. The third-order valence-electron chi connectivity index (χ3n) is 8.34. The molecule has 0 aromatic carbocycles. The van der Waals surface area contributed by atoms with Gasteiger partial charge in [-0.05, 0) is 83.5 Å². The van der Waals surface area contributed by atoms with Crippen LogP contribution in [0.25, 0.3) is 0 Å². The third kappa shape index (κ3) is 42.5. The molecule has 0 spiro atoms. The number of rotatable bonds is 36. The molecule has 0 aromatic heterocycles. The van der Waals surface area contributed by atoms with Crippen molar-refractivity contribution in [2.75, 3.05) is 13.2 Å². The Hall–Kier alpha value is -4.45. The molecule has 0 saturated heterocycles. The van der Waals surface area contributed by atoms with Gasteiger partial charge in [-0.25, -0.2) is 0 Å². The lowest BCUT2D eigenvalue weighted by molar-refractivity contribution is -0.167. The number of hydrogen-bond donors (Lipinski definition) is 0. The van der Waals surface area contributed by atoms with Gasteiger partial charge in [-0.3, -0.25) is 14.4 Å². The van der Waals surface area contributed by atoms with Crippen LogP contribution in [0.15, 0.2) is 134 Å². The van der Waals surface area contributed by atoms with Gasteiger partial charge in [-0.1, -0.05) is 180 Å². The Morgan fingerprint density at radius 3 is 1.28 bits per heavy atom. The summed E-state index contributed by atoms with van der Waals surface area (Å²) in [5.41, 5.74) is 0. The maximum atomic E-state index is 12.7. The average molecular weight is 785 g/mol. The second kappa shape index (κ2) is 44.3. The van der Waals surface area contributed by atoms with Crippen LogP contribution in [0.4, 0.5) is 0 Å². The number of allylic oxidation sites excluding steroid dienone is 22. The van der Waals surface area contributed by atoms with Crippen LogP contribution >= 0.6 is 0 Å². The summed E-state index contributed by atoms with van der Waals surface area (Å²) in [4.78, 5) is 37.6. The molecule has 0 aliphatic carbocycles. The van der Waals surface area contributed by atoms with E-state index in [9.17, 15) is 14.4 Å². The van der Waals surface area contributed by atoms with Gasteiger partial charge >= 0.3 is 17.9 Å². The fraction of sp³-hybridized carbons (Fsp3) is 0.510. The van der Waals surface area contributed by atoms with E-state index < -0.39 is 6.10 Å². The molecular formula is C51H76O6. The molecule has 1 unspecified atom stereocenters. The molecule has 0 aliphatic rings. The number of carbonyl (C=O) groups is 3. The van der Waals surface area contributed by atoms with Crippen LogP contribution in [0.3, 0.4) is 0 Å². The predicted octanol–water partition coefficient (Wildman–Crippen LogP) is 14.0. The topological polar surface area (TPSA) is 78.9 Å². The van der Waals surface area contributed by atoms with E-state index in [2.05, 4.69) is 81.5 Å². The van der Waals surface area contributed by atoms with E-state index in [0.29, 0.717) is 25.7 Å². The van der Waals surface area contributed by atoms with Crippen LogP contribution in [-0.4, -0.2) is 37.2 Å². The highest BCUT2D eigenvalue weighted by Gasteiger charge is 2.19. The Labute approximate surface area is 347 Å². The SMILES string of the molecule is CC\C=C/C=C\C=C/C=C\C=C\C=C/C=C\CCCCCC(=O)OCC(COC(=O)CCCC/C=C\C/C=C\CC)OC(=O)CCCCC/C=C\C=C/CCCC. The van der Waals surface area contributed by atoms with Crippen molar-refractivity contribution >= 4 is 17.9 Å². The minimum absolute atomic E-state index is 0.127. The van der Waals surface area contributed by atoms with Crippen molar-refractivity contribution in [2.45, 2.75) is 155 Å². The fourth-order valence-electron chi connectivity index (χ4n) is 5.08. The van der Waals surface area contributed by atoms with Gasteiger partial charge in [0, 0.05) is 19.3 Å². The zero-order valence-electron chi connectivity index (χ0n) is 35.8. The molecule has 0 amide bonds. The van der Waals surface area contributed by atoms with Crippen LogP contribution < -0.4 is 0 Å². The molecule has 316 valence electrons. The van der Waals surface area contributed by atoms with Crippen LogP contribution in [0.5, 0.6) is 0 Å². The highest BCUT2D eigenvalue weighted by molar-refractivity contribution is 5.71. The molecule has 0 aromatic rings. The van der Waals surface area contributed by atoms with Gasteiger partial charge in [0.05, 0.1) is 0 Å². The maximum Gasteiger partial charge on any atom is 0.306 e. The minimum Gasteiger partial charge on any atom is -0.462 e. The first kappa shape index (κ1) is 52.6. The Kier molecular flexibility index (Phi) is 40.8. The van der Waals surface area contributed by atoms with E-state index in [1.807, 2.05) is 72.9 Å². The van der Waals surface area contributed by atoms with Crippen molar-refractivity contribution in [2.24, 2.45) is 0 Å². The second-order valence-electron chi connectivity index (χ2n) is 13.7. The van der Waals surface area contributed by atoms with Gasteiger partial charge in [0.15, 0.2) is 6.10 Å². The summed E-state index contributed by atoms with van der Waals surface area (Å²) in [6, 6.07) is 0. The van der Waals surface area contributed by atoms with Crippen molar-refractivity contribution in [3.05, 3.63) is 134 Å². The molecule has 0 N–H and O–H groups in total. The first-order chi connectivity index (χ1) is 28.0. The predicted molar refractivity (Wildman–Crippen MR) is 242 cm³/mol. The van der Waals surface area contributed by atoms with E-state index in [1.165, 1.54) is 12.8 Å². The summed E-state index contributed by atoms with van der Waals surface area (Å²) in [5.74, 6) is -1.05. The summed E-state index contributed by atoms with van der Waals surface area (Å²) < 4.78 is 16.5.